The van der Waals surface area contributed by atoms with Gasteiger partial charge in [-0.1, -0.05) is 0 Å². The van der Waals surface area contributed by atoms with Gasteiger partial charge in [-0.2, -0.15) is 0 Å². The summed E-state index contributed by atoms with van der Waals surface area (Å²) in [5, 5.41) is 0. The van der Waals surface area contributed by atoms with Crippen LogP contribution in [0.25, 0.3) is 0 Å². The molecule has 0 saturated carbocycles. The van der Waals surface area contributed by atoms with E-state index in [1.54, 1.807) is 0 Å². The molecule has 1 heterocycles. The van der Waals surface area contributed by atoms with E-state index in [1.165, 1.54) is 13.8 Å². The fourth-order valence-electron chi connectivity index (χ4n) is 2.28. The number of hydrogen-bond donors (Lipinski definition) is 1. The van der Waals surface area contributed by atoms with E-state index in [0.717, 1.165) is 37.1 Å². The normalized spacial score (nSPS) is 14.9. The van der Waals surface area contributed by atoms with E-state index in [-0.39, 0.29) is 11.6 Å². The molecule has 0 spiro atoms. The summed E-state index contributed by atoms with van der Waals surface area (Å²) in [6, 6.07) is 0. The van der Waals surface area contributed by atoms with Gasteiger partial charge in [0.05, 0.1) is 5.69 Å². The molecule has 4 heteroatoms. The topological polar surface area (TPSA) is 62.8 Å². The van der Waals surface area contributed by atoms with Crippen LogP contribution >= 0.6 is 0 Å². The summed E-state index contributed by atoms with van der Waals surface area (Å²) in [6.45, 7) is 2.88. The van der Waals surface area contributed by atoms with E-state index in [1.807, 2.05) is 0 Å². The van der Waals surface area contributed by atoms with E-state index in [9.17, 15) is 9.59 Å². The van der Waals surface area contributed by atoms with E-state index in [2.05, 4.69) is 9.97 Å². The zero-order valence-corrected chi connectivity index (χ0v) is 9.67. The van der Waals surface area contributed by atoms with Crippen molar-refractivity contribution in [3.63, 3.8) is 0 Å². The Kier molecular flexibility index (Phi) is 2.90. The lowest BCUT2D eigenvalue weighted by Crippen LogP contribution is -2.18. The number of carbonyl (C=O) groups is 2. The molecule has 0 aliphatic heterocycles. The molecule has 0 aromatic carbocycles. The first kappa shape index (κ1) is 11.0. The van der Waals surface area contributed by atoms with Gasteiger partial charge in [0.1, 0.15) is 23.3 Å². The summed E-state index contributed by atoms with van der Waals surface area (Å²) >= 11 is 0. The Balaban J connectivity index is 2.35. The lowest BCUT2D eigenvalue weighted by Gasteiger charge is -2.07. The average molecular weight is 220 g/mol. The van der Waals surface area contributed by atoms with Crippen LogP contribution in [0, 0.1) is 0 Å². The van der Waals surface area contributed by atoms with Gasteiger partial charge in [0.25, 0.3) is 0 Å². The van der Waals surface area contributed by atoms with Crippen molar-refractivity contribution in [2.24, 2.45) is 0 Å². The smallest absolute Gasteiger partial charge is 0.147 e. The standard InChI is InChI=1S/C12H16N2O2/c1-7(15)11(8(2)16)12-13-9-5-3-4-6-10(9)14-12/h11H,3-6H2,1-2H3,(H,13,14). The molecule has 0 unspecified atom stereocenters. The molecule has 0 fully saturated rings. The minimum absolute atomic E-state index is 0.140. The minimum Gasteiger partial charge on any atom is -0.345 e. The molecule has 1 aromatic rings. The summed E-state index contributed by atoms with van der Waals surface area (Å²) in [7, 11) is 0. The lowest BCUT2D eigenvalue weighted by molar-refractivity contribution is -0.127. The maximum Gasteiger partial charge on any atom is 0.147 e. The highest BCUT2D eigenvalue weighted by Crippen LogP contribution is 2.23. The predicted molar refractivity (Wildman–Crippen MR) is 59.3 cm³/mol. The van der Waals surface area contributed by atoms with Crippen molar-refractivity contribution in [2.45, 2.75) is 45.4 Å². The Morgan fingerprint density at radius 3 is 2.38 bits per heavy atom. The molecule has 4 nitrogen and oxygen atoms in total. The first-order valence-corrected chi connectivity index (χ1v) is 5.68. The maximum atomic E-state index is 11.4. The van der Waals surface area contributed by atoms with Gasteiger partial charge in [0.2, 0.25) is 0 Å². The van der Waals surface area contributed by atoms with Crippen LogP contribution in [0.5, 0.6) is 0 Å². The third-order valence-electron chi connectivity index (χ3n) is 3.06. The van der Waals surface area contributed by atoms with Gasteiger partial charge >= 0.3 is 0 Å². The molecule has 0 saturated heterocycles. The van der Waals surface area contributed by atoms with Crippen LogP contribution in [-0.4, -0.2) is 21.5 Å². The Morgan fingerprint density at radius 2 is 1.81 bits per heavy atom. The highest BCUT2D eigenvalue weighted by atomic mass is 16.1. The molecule has 16 heavy (non-hydrogen) atoms. The van der Waals surface area contributed by atoms with Crippen molar-refractivity contribution in [3.8, 4) is 0 Å². The third-order valence-corrected chi connectivity index (χ3v) is 3.06. The van der Waals surface area contributed by atoms with E-state index in [4.69, 9.17) is 0 Å². The largest absolute Gasteiger partial charge is 0.345 e. The number of nitrogens with zero attached hydrogens (tertiary/aromatic N) is 1. The molecule has 1 aliphatic carbocycles. The van der Waals surface area contributed by atoms with E-state index >= 15 is 0 Å². The summed E-state index contributed by atoms with van der Waals surface area (Å²) in [5.74, 6) is -0.449. The molecule has 2 rings (SSSR count). The molecule has 1 aliphatic rings. The Morgan fingerprint density at radius 1 is 1.19 bits per heavy atom. The van der Waals surface area contributed by atoms with Crippen LogP contribution in [0.1, 0.15) is 49.8 Å². The summed E-state index contributed by atoms with van der Waals surface area (Å²) in [4.78, 5) is 30.4. The number of rotatable bonds is 3. The molecule has 0 radical (unpaired) electrons. The molecular weight excluding hydrogens is 204 g/mol. The Bertz CT molecular complexity index is 397. The van der Waals surface area contributed by atoms with Gasteiger partial charge in [-0.05, 0) is 39.5 Å². The molecule has 0 bridgehead atoms. The SMILES string of the molecule is CC(=O)C(C(C)=O)c1nc2c([nH]1)CCCC2. The van der Waals surface area contributed by atoms with Crippen LogP contribution in [-0.2, 0) is 22.4 Å². The number of aryl methyl sites for hydroxylation is 2. The van der Waals surface area contributed by atoms with Crippen molar-refractivity contribution < 1.29 is 9.59 Å². The monoisotopic (exact) mass is 220 g/mol. The highest BCUT2D eigenvalue weighted by molar-refractivity contribution is 6.04. The summed E-state index contributed by atoms with van der Waals surface area (Å²) in [6.07, 6.45) is 4.22. The number of imidazole rings is 1. The first-order chi connectivity index (χ1) is 7.59. The number of aromatic amines is 1. The van der Waals surface area contributed by atoms with Gasteiger partial charge in [0, 0.05) is 5.69 Å². The number of fused-ring (bicyclic) bond motifs is 1. The summed E-state index contributed by atoms with van der Waals surface area (Å²) < 4.78 is 0. The Hall–Kier alpha value is -1.45. The van der Waals surface area contributed by atoms with E-state index < -0.39 is 5.92 Å². The number of H-pyrrole nitrogens is 1. The average Bonchev–Trinajstić information content (AvgIpc) is 2.58. The van der Waals surface area contributed by atoms with Gasteiger partial charge in [0.15, 0.2) is 0 Å². The lowest BCUT2D eigenvalue weighted by atomic mass is 10.0. The van der Waals surface area contributed by atoms with E-state index in [0.29, 0.717) is 5.82 Å². The fourth-order valence-corrected chi connectivity index (χ4v) is 2.28. The number of nitrogens with one attached hydrogen (secondary N) is 1. The zero-order valence-electron chi connectivity index (χ0n) is 9.67. The van der Waals surface area contributed by atoms with Crippen molar-refractivity contribution in [3.05, 3.63) is 17.2 Å². The summed E-state index contributed by atoms with van der Waals surface area (Å²) in [5.41, 5.74) is 2.14. The maximum absolute atomic E-state index is 11.4. The third kappa shape index (κ3) is 1.92. The van der Waals surface area contributed by atoms with Crippen LogP contribution < -0.4 is 0 Å². The molecule has 1 aromatic heterocycles. The molecule has 0 amide bonds. The molecular formula is C12H16N2O2. The number of Topliss-reactive ketones (excluding diaryl/α,β-unsaturated/α-hetero) is 2. The van der Waals surface area contributed by atoms with Crippen LogP contribution in [0.2, 0.25) is 0 Å². The number of aromatic nitrogens is 2. The van der Waals surface area contributed by atoms with Gasteiger partial charge in [-0.15, -0.1) is 0 Å². The zero-order chi connectivity index (χ0) is 11.7. The second-order valence-corrected chi connectivity index (χ2v) is 4.41. The predicted octanol–water partition coefficient (Wildman–Crippen LogP) is 1.55. The number of ketones is 2. The Labute approximate surface area is 94.5 Å². The van der Waals surface area contributed by atoms with Crippen LogP contribution in [0.15, 0.2) is 0 Å². The van der Waals surface area contributed by atoms with Crippen LogP contribution in [0.3, 0.4) is 0 Å². The molecule has 0 atom stereocenters. The molecule has 86 valence electrons. The minimum atomic E-state index is -0.703. The molecule has 1 N–H and O–H groups in total. The second kappa shape index (κ2) is 4.20. The van der Waals surface area contributed by atoms with Crippen LogP contribution in [0.4, 0.5) is 0 Å². The fraction of sp³-hybridized carbons (Fsp3) is 0.583. The van der Waals surface area contributed by atoms with Gasteiger partial charge in [-0.3, -0.25) is 9.59 Å². The van der Waals surface area contributed by atoms with Crippen molar-refractivity contribution in [1.82, 2.24) is 9.97 Å². The van der Waals surface area contributed by atoms with Crippen molar-refractivity contribution >= 4 is 11.6 Å². The number of hydrogen-bond acceptors (Lipinski definition) is 3. The second-order valence-electron chi connectivity index (χ2n) is 4.41. The van der Waals surface area contributed by atoms with Crippen molar-refractivity contribution in [1.29, 1.82) is 0 Å². The van der Waals surface area contributed by atoms with Crippen molar-refractivity contribution in [2.75, 3.05) is 0 Å². The van der Waals surface area contributed by atoms with Gasteiger partial charge < -0.3 is 4.98 Å². The highest BCUT2D eigenvalue weighted by Gasteiger charge is 2.27. The first-order valence-electron chi connectivity index (χ1n) is 5.68. The quantitative estimate of drug-likeness (QED) is 0.786. The number of carbonyl (C=O) groups excluding carboxylic acids is 2. The van der Waals surface area contributed by atoms with Gasteiger partial charge in [-0.25, -0.2) is 4.98 Å².